The Morgan fingerprint density at radius 2 is 1.50 bits per heavy atom. The number of allylic oxidation sites excluding steroid dienone is 1. The standard InChI is InChI=1S/C10H10F3NO4S2/c1-17-7(15)4-19-9(20-5-8(16)18-2)6(3-14)10(11,12)13/h4-5H2,1-2H3. The van der Waals surface area contributed by atoms with Crippen molar-refractivity contribution in [2.75, 3.05) is 25.7 Å². The number of ether oxygens (including phenoxy) is 2. The maximum absolute atomic E-state index is 12.6. The minimum Gasteiger partial charge on any atom is -0.468 e. The molecule has 0 aromatic carbocycles. The second-order valence-corrected chi connectivity index (χ2v) is 5.23. The summed E-state index contributed by atoms with van der Waals surface area (Å²) in [6, 6.07) is 1.03. The molecule has 0 rings (SSSR count). The molecule has 0 radical (unpaired) electrons. The van der Waals surface area contributed by atoms with Crippen molar-refractivity contribution in [3.05, 3.63) is 9.81 Å². The summed E-state index contributed by atoms with van der Waals surface area (Å²) in [7, 11) is 2.17. The van der Waals surface area contributed by atoms with E-state index in [1.807, 2.05) is 0 Å². The second kappa shape index (κ2) is 8.76. The molecule has 20 heavy (non-hydrogen) atoms. The maximum atomic E-state index is 12.6. The van der Waals surface area contributed by atoms with E-state index >= 15 is 0 Å². The quantitative estimate of drug-likeness (QED) is 0.545. The first-order chi connectivity index (χ1) is 9.26. The number of rotatable bonds is 6. The van der Waals surface area contributed by atoms with Crippen LogP contribution in [0.5, 0.6) is 0 Å². The molecule has 0 aliphatic heterocycles. The van der Waals surface area contributed by atoms with Crippen LogP contribution in [0.2, 0.25) is 0 Å². The van der Waals surface area contributed by atoms with E-state index < -0.39 is 39.4 Å². The molecule has 0 spiro atoms. The van der Waals surface area contributed by atoms with Crippen LogP contribution >= 0.6 is 23.5 Å². The summed E-state index contributed by atoms with van der Waals surface area (Å²) in [5, 5.41) is 8.59. The highest BCUT2D eigenvalue weighted by atomic mass is 32.2. The van der Waals surface area contributed by atoms with Crippen molar-refractivity contribution in [2.24, 2.45) is 0 Å². The number of esters is 2. The third kappa shape index (κ3) is 6.72. The molecular formula is C10H10F3NO4S2. The van der Waals surface area contributed by atoms with Gasteiger partial charge in [-0.2, -0.15) is 18.4 Å². The van der Waals surface area contributed by atoms with E-state index in [9.17, 15) is 22.8 Å². The summed E-state index contributed by atoms with van der Waals surface area (Å²) in [4.78, 5) is 21.9. The molecule has 0 saturated carbocycles. The average Bonchev–Trinajstić information content (AvgIpc) is 2.39. The number of halogens is 3. The van der Waals surface area contributed by atoms with Crippen LogP contribution < -0.4 is 0 Å². The molecule has 0 atom stereocenters. The van der Waals surface area contributed by atoms with Crippen LogP contribution in [0, 0.1) is 11.3 Å². The van der Waals surface area contributed by atoms with Gasteiger partial charge in [-0.3, -0.25) is 9.59 Å². The molecule has 0 N–H and O–H groups in total. The third-order valence-corrected chi connectivity index (χ3v) is 4.10. The first-order valence-electron chi connectivity index (χ1n) is 4.87. The van der Waals surface area contributed by atoms with Gasteiger partial charge in [0.25, 0.3) is 0 Å². The molecule has 0 aliphatic rings. The van der Waals surface area contributed by atoms with Crippen molar-refractivity contribution in [3.8, 4) is 6.07 Å². The molecule has 0 aromatic heterocycles. The van der Waals surface area contributed by atoms with Crippen molar-refractivity contribution >= 4 is 35.5 Å². The maximum Gasteiger partial charge on any atom is 0.427 e. The zero-order chi connectivity index (χ0) is 15.8. The first-order valence-corrected chi connectivity index (χ1v) is 6.84. The average molecular weight is 329 g/mol. The van der Waals surface area contributed by atoms with Gasteiger partial charge in [0.1, 0.15) is 6.07 Å². The van der Waals surface area contributed by atoms with Crippen LogP contribution in [0.3, 0.4) is 0 Å². The van der Waals surface area contributed by atoms with E-state index in [1.54, 1.807) is 0 Å². The summed E-state index contributed by atoms with van der Waals surface area (Å²) < 4.78 is 46.1. The van der Waals surface area contributed by atoms with E-state index in [1.165, 1.54) is 0 Å². The molecule has 0 saturated heterocycles. The second-order valence-electron chi connectivity index (χ2n) is 3.00. The Hall–Kier alpha value is -1.34. The molecule has 5 nitrogen and oxygen atoms in total. The summed E-state index contributed by atoms with van der Waals surface area (Å²) in [5.41, 5.74) is -1.46. The van der Waals surface area contributed by atoms with Crippen molar-refractivity contribution in [1.29, 1.82) is 5.26 Å². The van der Waals surface area contributed by atoms with Crippen molar-refractivity contribution in [1.82, 2.24) is 0 Å². The number of thioether (sulfide) groups is 2. The largest absolute Gasteiger partial charge is 0.468 e. The molecule has 0 aliphatic carbocycles. The molecular weight excluding hydrogens is 319 g/mol. The van der Waals surface area contributed by atoms with Crippen LogP contribution in [0.4, 0.5) is 13.2 Å². The zero-order valence-corrected chi connectivity index (χ0v) is 12.1. The van der Waals surface area contributed by atoms with E-state index in [4.69, 9.17) is 5.26 Å². The van der Waals surface area contributed by atoms with Crippen molar-refractivity contribution < 1.29 is 32.2 Å². The first kappa shape index (κ1) is 18.7. The van der Waals surface area contributed by atoms with Gasteiger partial charge in [0.05, 0.1) is 30.0 Å². The van der Waals surface area contributed by atoms with Crippen molar-refractivity contribution in [2.45, 2.75) is 6.18 Å². The van der Waals surface area contributed by atoms with E-state index in [0.717, 1.165) is 20.3 Å². The molecule has 0 fully saturated rings. The number of alkyl halides is 3. The fourth-order valence-corrected chi connectivity index (χ4v) is 2.81. The summed E-state index contributed by atoms with van der Waals surface area (Å²) in [6.07, 6.45) is -4.86. The van der Waals surface area contributed by atoms with Gasteiger partial charge < -0.3 is 9.47 Å². The number of hydrogen-bond acceptors (Lipinski definition) is 7. The Balaban J connectivity index is 5.13. The van der Waals surface area contributed by atoms with Gasteiger partial charge in [0.2, 0.25) is 0 Å². The van der Waals surface area contributed by atoms with E-state index in [0.29, 0.717) is 23.5 Å². The number of methoxy groups -OCH3 is 2. The molecule has 0 amide bonds. The number of nitrogens with zero attached hydrogens (tertiary/aromatic N) is 1. The Bertz CT molecular complexity index is 421. The lowest BCUT2D eigenvalue weighted by atomic mass is 10.3. The third-order valence-electron chi connectivity index (χ3n) is 1.70. The van der Waals surface area contributed by atoms with Gasteiger partial charge in [-0.15, -0.1) is 23.5 Å². The van der Waals surface area contributed by atoms with E-state index in [-0.39, 0.29) is 0 Å². The number of carbonyl (C=O) groups excluding carboxylic acids is 2. The minimum absolute atomic E-state index is 0.402. The summed E-state index contributed by atoms with van der Waals surface area (Å²) in [6.45, 7) is 0. The van der Waals surface area contributed by atoms with Gasteiger partial charge in [-0.25, -0.2) is 0 Å². The van der Waals surface area contributed by atoms with Gasteiger partial charge in [0, 0.05) is 0 Å². The van der Waals surface area contributed by atoms with Gasteiger partial charge >= 0.3 is 18.1 Å². The number of nitriles is 1. The van der Waals surface area contributed by atoms with Gasteiger partial charge in [-0.05, 0) is 0 Å². The molecule has 0 bridgehead atoms. The summed E-state index contributed by atoms with van der Waals surface area (Å²) >= 11 is 0.968. The molecule has 0 unspecified atom stereocenters. The lowest BCUT2D eigenvalue weighted by molar-refractivity contribution is -0.138. The Morgan fingerprint density at radius 1 is 1.10 bits per heavy atom. The molecule has 10 heteroatoms. The fourth-order valence-electron chi connectivity index (χ4n) is 0.778. The Kier molecular flexibility index (Phi) is 8.17. The SMILES string of the molecule is COC(=O)CSC(SCC(=O)OC)=C(C#N)C(F)(F)F. The minimum atomic E-state index is -4.86. The topological polar surface area (TPSA) is 76.4 Å². The molecule has 0 heterocycles. The molecule has 112 valence electrons. The predicted octanol–water partition coefficient (Wildman–Crippen LogP) is 2.10. The van der Waals surface area contributed by atoms with Crippen LogP contribution in [0.15, 0.2) is 9.81 Å². The monoisotopic (exact) mass is 329 g/mol. The lowest BCUT2D eigenvalue weighted by Crippen LogP contribution is -2.13. The van der Waals surface area contributed by atoms with Crippen LogP contribution in [0.1, 0.15) is 0 Å². The Morgan fingerprint density at radius 3 is 1.75 bits per heavy atom. The number of carbonyl (C=O) groups is 2. The van der Waals surface area contributed by atoms with Crippen LogP contribution in [0.25, 0.3) is 0 Å². The van der Waals surface area contributed by atoms with Crippen molar-refractivity contribution in [3.63, 3.8) is 0 Å². The van der Waals surface area contributed by atoms with Crippen LogP contribution in [-0.2, 0) is 19.1 Å². The fraction of sp³-hybridized carbons (Fsp3) is 0.500. The highest BCUT2D eigenvalue weighted by molar-refractivity contribution is 8.22. The smallest absolute Gasteiger partial charge is 0.427 e. The highest BCUT2D eigenvalue weighted by Crippen LogP contribution is 2.38. The van der Waals surface area contributed by atoms with E-state index in [2.05, 4.69) is 9.47 Å². The predicted molar refractivity (Wildman–Crippen MR) is 67.6 cm³/mol. The van der Waals surface area contributed by atoms with Gasteiger partial charge in [-0.1, -0.05) is 0 Å². The normalized spacial score (nSPS) is 10.4. The number of hydrogen-bond donors (Lipinski definition) is 0. The lowest BCUT2D eigenvalue weighted by Gasteiger charge is -2.11. The van der Waals surface area contributed by atoms with Crippen LogP contribution in [-0.4, -0.2) is 43.8 Å². The molecule has 0 aromatic rings. The highest BCUT2D eigenvalue weighted by Gasteiger charge is 2.37. The van der Waals surface area contributed by atoms with Gasteiger partial charge in [0.15, 0.2) is 5.57 Å². The Labute approximate surface area is 121 Å². The zero-order valence-electron chi connectivity index (χ0n) is 10.4. The summed E-state index contributed by atoms with van der Waals surface area (Å²) in [5.74, 6) is -2.29.